The van der Waals surface area contributed by atoms with Gasteiger partial charge in [0.2, 0.25) is 0 Å². The van der Waals surface area contributed by atoms with Crippen LogP contribution in [0.1, 0.15) is 38.3 Å². The lowest BCUT2D eigenvalue weighted by molar-refractivity contribution is -0.192. The van der Waals surface area contributed by atoms with Gasteiger partial charge < -0.3 is 20.7 Å². The van der Waals surface area contributed by atoms with E-state index in [2.05, 4.69) is 80.9 Å². The number of aryl methyl sites for hydroxylation is 1. The first kappa shape index (κ1) is 34.5. The molecule has 0 saturated heterocycles. The van der Waals surface area contributed by atoms with Crippen molar-refractivity contribution in [3.8, 4) is 0 Å². The second-order valence-electron chi connectivity index (χ2n) is 11.7. The Hall–Kier alpha value is -5.42. The molecule has 0 spiro atoms. The van der Waals surface area contributed by atoms with Crippen molar-refractivity contribution < 1.29 is 27.9 Å². The van der Waals surface area contributed by atoms with Gasteiger partial charge in [-0.15, -0.1) is 0 Å². The molecule has 5 aromatic rings. The molecule has 0 fully saturated rings. The highest BCUT2D eigenvalue weighted by Gasteiger charge is 2.38. The van der Waals surface area contributed by atoms with Crippen LogP contribution in [0.5, 0.6) is 0 Å². The standard InChI is InChI=1S/C34H35N5O.C2HF3O2/c1-24-9-7-14-31-30(24)20-32(38(31)22-27-12-8-13-28(19-27)33(35)36)34(40)37-21-25-15-17-29(18-16-25)39(2,3)23-26-10-5-4-6-11-26;3-2(4,5)1(6)7/h4-20H,21-23H2,1-3H3,(H3-,35,36,37,40);(H,6,7)/p+1. The number of rotatable bonds is 9. The van der Waals surface area contributed by atoms with Crippen LogP contribution in [0.15, 0.2) is 103 Å². The van der Waals surface area contributed by atoms with E-state index in [9.17, 15) is 18.0 Å². The van der Waals surface area contributed by atoms with Gasteiger partial charge in [-0.2, -0.15) is 13.2 Å². The molecule has 4 aromatic carbocycles. The molecule has 1 aromatic heterocycles. The molecule has 5 N–H and O–H groups in total. The van der Waals surface area contributed by atoms with Crippen molar-refractivity contribution in [1.82, 2.24) is 14.4 Å². The summed E-state index contributed by atoms with van der Waals surface area (Å²) in [7, 11) is 4.41. The lowest BCUT2D eigenvalue weighted by Gasteiger charge is -2.29. The molecule has 0 bridgehead atoms. The molecule has 0 unspecified atom stereocenters. The summed E-state index contributed by atoms with van der Waals surface area (Å²) in [5, 5.41) is 19.1. The molecule has 11 heteroatoms. The van der Waals surface area contributed by atoms with E-state index in [-0.39, 0.29) is 11.7 Å². The number of quaternary nitrogens is 1. The monoisotopic (exact) mass is 644 g/mol. The molecule has 244 valence electrons. The average molecular weight is 645 g/mol. The summed E-state index contributed by atoms with van der Waals surface area (Å²) in [5.41, 5.74) is 13.6. The molecule has 1 heterocycles. The zero-order chi connectivity index (χ0) is 34.4. The van der Waals surface area contributed by atoms with Gasteiger partial charge in [-0.3, -0.25) is 14.7 Å². The molecule has 0 radical (unpaired) electrons. The predicted octanol–water partition coefficient (Wildman–Crippen LogP) is 6.61. The molecule has 0 saturated carbocycles. The largest absolute Gasteiger partial charge is 0.490 e. The SMILES string of the molecule is Cc1cccc2c1cc(C(=O)NCc1ccc([N+](C)(C)Cc3ccccc3)cc1)n2Cc1cccc(C(=N)N)c1.O=C(O)C(F)(F)F. The van der Waals surface area contributed by atoms with E-state index >= 15 is 0 Å². The Morgan fingerprint density at radius 1 is 0.872 bits per heavy atom. The van der Waals surface area contributed by atoms with Crippen LogP contribution >= 0.6 is 0 Å². The van der Waals surface area contributed by atoms with Crippen LogP contribution in [0.25, 0.3) is 10.9 Å². The van der Waals surface area contributed by atoms with Crippen molar-refractivity contribution in [3.63, 3.8) is 0 Å². The Morgan fingerprint density at radius 3 is 2.11 bits per heavy atom. The van der Waals surface area contributed by atoms with Crippen molar-refractivity contribution in [2.45, 2.75) is 32.7 Å². The molecule has 47 heavy (non-hydrogen) atoms. The van der Waals surface area contributed by atoms with Crippen molar-refractivity contribution in [1.29, 1.82) is 5.41 Å². The molecule has 0 aliphatic rings. The number of hydrogen-bond acceptors (Lipinski definition) is 3. The lowest BCUT2D eigenvalue weighted by Crippen LogP contribution is -2.39. The number of nitrogens with two attached hydrogens (primary N) is 1. The molecule has 8 nitrogen and oxygen atoms in total. The third-order valence-electron chi connectivity index (χ3n) is 7.73. The predicted molar refractivity (Wildman–Crippen MR) is 178 cm³/mol. The van der Waals surface area contributed by atoms with E-state index in [1.54, 1.807) is 0 Å². The minimum absolute atomic E-state index is 0.0290. The Morgan fingerprint density at radius 2 is 1.49 bits per heavy atom. The minimum Gasteiger partial charge on any atom is -0.475 e. The first-order valence-corrected chi connectivity index (χ1v) is 14.7. The zero-order valence-corrected chi connectivity index (χ0v) is 26.3. The van der Waals surface area contributed by atoms with E-state index in [1.807, 2.05) is 53.1 Å². The summed E-state index contributed by atoms with van der Waals surface area (Å²) in [6.45, 7) is 3.89. The number of amidine groups is 1. The number of alkyl halides is 3. The number of hydrogen-bond donors (Lipinski definition) is 4. The second-order valence-corrected chi connectivity index (χ2v) is 11.7. The van der Waals surface area contributed by atoms with Crippen LogP contribution < -0.4 is 15.5 Å². The van der Waals surface area contributed by atoms with E-state index in [0.29, 0.717) is 24.3 Å². The number of benzene rings is 4. The van der Waals surface area contributed by atoms with Crippen LogP contribution in [0.2, 0.25) is 0 Å². The highest BCUT2D eigenvalue weighted by atomic mass is 19.4. The maximum absolute atomic E-state index is 13.5. The maximum atomic E-state index is 13.5. The van der Waals surface area contributed by atoms with Crippen LogP contribution in [-0.2, 0) is 24.4 Å². The normalized spacial score (nSPS) is 11.4. The van der Waals surface area contributed by atoms with Gasteiger partial charge in [-0.25, -0.2) is 4.79 Å². The number of nitrogens with zero attached hydrogens (tertiary/aromatic N) is 2. The summed E-state index contributed by atoms with van der Waals surface area (Å²) >= 11 is 0. The fourth-order valence-corrected chi connectivity index (χ4v) is 5.23. The van der Waals surface area contributed by atoms with Gasteiger partial charge in [0.05, 0.1) is 14.1 Å². The first-order valence-electron chi connectivity index (χ1n) is 14.7. The van der Waals surface area contributed by atoms with Crippen molar-refractivity contribution >= 4 is 34.3 Å². The van der Waals surface area contributed by atoms with E-state index in [1.165, 1.54) is 11.3 Å². The molecule has 0 aliphatic carbocycles. The number of halogens is 3. The van der Waals surface area contributed by atoms with E-state index in [4.69, 9.17) is 21.0 Å². The second kappa shape index (κ2) is 14.3. The minimum atomic E-state index is -5.08. The number of nitrogen functional groups attached to an aromatic ring is 1. The lowest BCUT2D eigenvalue weighted by atomic mass is 10.1. The summed E-state index contributed by atoms with van der Waals surface area (Å²) in [6.07, 6.45) is -5.08. The summed E-state index contributed by atoms with van der Waals surface area (Å²) in [6, 6.07) is 34.7. The first-order chi connectivity index (χ1) is 22.2. The number of carboxylic acid groups (broad SMARTS) is 1. The fraction of sp³-hybridized carbons (Fsp3) is 0.194. The highest BCUT2D eigenvalue weighted by molar-refractivity contribution is 5.99. The molecule has 0 aliphatic heterocycles. The third-order valence-corrected chi connectivity index (χ3v) is 7.73. The quantitative estimate of drug-likeness (QED) is 0.0820. The Kier molecular flexibility index (Phi) is 10.5. The highest BCUT2D eigenvalue weighted by Crippen LogP contribution is 2.26. The number of fused-ring (bicyclic) bond motifs is 1. The third kappa shape index (κ3) is 8.86. The summed E-state index contributed by atoms with van der Waals surface area (Å²) in [5.74, 6) is -2.85. The molecular formula is C36H37F3N5O3+. The van der Waals surface area contributed by atoms with Crippen LogP contribution in [0.4, 0.5) is 18.9 Å². The number of aliphatic carboxylic acids is 1. The fourth-order valence-electron chi connectivity index (χ4n) is 5.23. The van der Waals surface area contributed by atoms with Crippen LogP contribution in [0, 0.1) is 12.3 Å². The number of nitrogens with one attached hydrogen (secondary N) is 2. The number of carbonyl (C=O) groups excluding carboxylic acids is 1. The Labute approximate surface area is 271 Å². The Bertz CT molecular complexity index is 1880. The van der Waals surface area contributed by atoms with Crippen LogP contribution in [0.3, 0.4) is 0 Å². The van der Waals surface area contributed by atoms with Gasteiger partial charge in [0.15, 0.2) is 0 Å². The number of carbonyl (C=O) groups is 2. The average Bonchev–Trinajstić information content (AvgIpc) is 3.40. The zero-order valence-electron chi connectivity index (χ0n) is 26.3. The molecule has 5 rings (SSSR count). The topological polar surface area (TPSA) is 121 Å². The van der Waals surface area contributed by atoms with Gasteiger partial charge in [0.25, 0.3) is 5.91 Å². The smallest absolute Gasteiger partial charge is 0.475 e. The molecule has 1 amide bonds. The summed E-state index contributed by atoms with van der Waals surface area (Å²) < 4.78 is 34.5. The number of aromatic nitrogens is 1. The van der Waals surface area contributed by atoms with Gasteiger partial charge in [-0.1, -0.05) is 72.8 Å². The molecular weight excluding hydrogens is 607 g/mol. The van der Waals surface area contributed by atoms with Gasteiger partial charge >= 0.3 is 12.1 Å². The molecule has 0 atom stereocenters. The number of carboxylic acids is 1. The Balaban J connectivity index is 0.000000644. The van der Waals surface area contributed by atoms with Gasteiger partial charge in [0.1, 0.15) is 23.8 Å². The van der Waals surface area contributed by atoms with Crippen molar-refractivity contribution in [2.24, 2.45) is 5.73 Å². The van der Waals surface area contributed by atoms with E-state index < -0.39 is 12.1 Å². The van der Waals surface area contributed by atoms with Crippen molar-refractivity contribution in [2.75, 3.05) is 14.1 Å². The number of amides is 1. The van der Waals surface area contributed by atoms with Gasteiger partial charge in [0, 0.05) is 35.1 Å². The van der Waals surface area contributed by atoms with Gasteiger partial charge in [-0.05, 0) is 53.9 Å². The maximum Gasteiger partial charge on any atom is 0.490 e. The van der Waals surface area contributed by atoms with E-state index in [0.717, 1.165) is 38.6 Å². The van der Waals surface area contributed by atoms with Crippen molar-refractivity contribution in [3.05, 3.63) is 137 Å². The summed E-state index contributed by atoms with van der Waals surface area (Å²) in [4.78, 5) is 22.4. The van der Waals surface area contributed by atoms with Crippen LogP contribution in [-0.4, -0.2) is 47.7 Å².